The molecule has 0 heterocycles. The van der Waals surface area contributed by atoms with E-state index >= 15 is 0 Å². The minimum Gasteiger partial charge on any atom is -0.367 e. The average Bonchev–Trinajstić information content (AvgIpc) is 2.29. The van der Waals surface area contributed by atoms with Gasteiger partial charge in [0.15, 0.2) is 6.29 Å². The van der Waals surface area contributed by atoms with Gasteiger partial charge in [-0.15, -0.1) is 0 Å². The van der Waals surface area contributed by atoms with Crippen molar-refractivity contribution in [2.24, 2.45) is 0 Å². The third kappa shape index (κ3) is 3.29. The number of anilines is 1. The fourth-order valence-electron chi connectivity index (χ4n) is 2.24. The Morgan fingerprint density at radius 3 is 2.56 bits per heavy atom. The van der Waals surface area contributed by atoms with Crippen LogP contribution in [0.5, 0.6) is 0 Å². The van der Waals surface area contributed by atoms with E-state index in [1.807, 2.05) is 25.9 Å². The van der Waals surface area contributed by atoms with E-state index in [2.05, 4.69) is 11.8 Å². The van der Waals surface area contributed by atoms with Crippen molar-refractivity contribution in [2.45, 2.75) is 19.9 Å². The zero-order valence-corrected chi connectivity index (χ0v) is 11.5. The van der Waals surface area contributed by atoms with Crippen LogP contribution in [0.25, 0.3) is 0 Å². The van der Waals surface area contributed by atoms with Gasteiger partial charge in [-0.05, 0) is 40.1 Å². The Morgan fingerprint density at radius 1 is 1.39 bits per heavy atom. The van der Waals surface area contributed by atoms with E-state index in [-0.39, 0.29) is 11.6 Å². The quantitative estimate of drug-likeness (QED) is 0.726. The highest BCUT2D eigenvalue weighted by Crippen LogP contribution is 2.23. The molecular weight excluding hydrogens is 231 g/mol. The minimum absolute atomic E-state index is 0.143. The second-order valence-corrected chi connectivity index (χ2v) is 4.69. The van der Waals surface area contributed by atoms with Crippen molar-refractivity contribution in [2.75, 3.05) is 32.1 Å². The van der Waals surface area contributed by atoms with Gasteiger partial charge in [0.2, 0.25) is 0 Å². The lowest BCUT2D eigenvalue weighted by Gasteiger charge is -2.33. The first-order valence-electron chi connectivity index (χ1n) is 6.16. The first-order valence-corrected chi connectivity index (χ1v) is 6.16. The normalized spacial score (nSPS) is 12.6. The standard InChI is InChI=1S/C14H21FN2O/c1-5-17(11(2)9-16(3)4)14-8-6-7-13(15)12(14)10-18/h6-8,10-11H,5,9H2,1-4H3. The van der Waals surface area contributed by atoms with Crippen molar-refractivity contribution in [1.29, 1.82) is 0 Å². The molecule has 0 saturated carbocycles. The van der Waals surface area contributed by atoms with Crippen LogP contribution in [0.3, 0.4) is 0 Å². The van der Waals surface area contributed by atoms with Gasteiger partial charge in [0.05, 0.1) is 11.3 Å². The Bertz CT molecular complexity index is 407. The summed E-state index contributed by atoms with van der Waals surface area (Å²) in [6.07, 6.45) is 0.593. The van der Waals surface area contributed by atoms with E-state index in [1.54, 1.807) is 12.1 Å². The van der Waals surface area contributed by atoms with Crippen molar-refractivity contribution >= 4 is 12.0 Å². The number of hydrogen-bond donors (Lipinski definition) is 0. The van der Waals surface area contributed by atoms with E-state index in [1.165, 1.54) is 6.07 Å². The van der Waals surface area contributed by atoms with Crippen LogP contribution in [-0.2, 0) is 0 Å². The van der Waals surface area contributed by atoms with E-state index in [9.17, 15) is 9.18 Å². The molecule has 100 valence electrons. The van der Waals surface area contributed by atoms with Crippen LogP contribution >= 0.6 is 0 Å². The number of likely N-dealkylation sites (N-methyl/N-ethyl adjacent to an activating group) is 2. The van der Waals surface area contributed by atoms with E-state index < -0.39 is 5.82 Å². The Balaban J connectivity index is 3.08. The van der Waals surface area contributed by atoms with Gasteiger partial charge in [-0.25, -0.2) is 4.39 Å². The van der Waals surface area contributed by atoms with Crippen LogP contribution in [0, 0.1) is 5.82 Å². The van der Waals surface area contributed by atoms with Gasteiger partial charge in [0.1, 0.15) is 5.82 Å². The maximum absolute atomic E-state index is 13.6. The van der Waals surface area contributed by atoms with Crippen LogP contribution in [0.1, 0.15) is 24.2 Å². The Hall–Kier alpha value is -1.42. The number of carbonyl (C=O) groups excluding carboxylic acids is 1. The van der Waals surface area contributed by atoms with Gasteiger partial charge in [0, 0.05) is 19.1 Å². The molecule has 0 radical (unpaired) electrons. The Kier molecular flexibility index (Phi) is 5.28. The van der Waals surface area contributed by atoms with Crippen LogP contribution in [-0.4, -0.2) is 44.4 Å². The topological polar surface area (TPSA) is 23.6 Å². The molecule has 0 aliphatic carbocycles. The van der Waals surface area contributed by atoms with Crippen molar-refractivity contribution in [3.63, 3.8) is 0 Å². The second kappa shape index (κ2) is 6.50. The first kappa shape index (κ1) is 14.6. The largest absolute Gasteiger partial charge is 0.367 e. The summed E-state index contributed by atoms with van der Waals surface area (Å²) in [4.78, 5) is 15.2. The predicted octanol–water partition coefficient (Wildman–Crippen LogP) is 2.41. The monoisotopic (exact) mass is 252 g/mol. The van der Waals surface area contributed by atoms with Crippen molar-refractivity contribution < 1.29 is 9.18 Å². The minimum atomic E-state index is -0.460. The smallest absolute Gasteiger partial charge is 0.155 e. The van der Waals surface area contributed by atoms with Crippen LogP contribution in [0.15, 0.2) is 18.2 Å². The number of benzene rings is 1. The first-order chi connectivity index (χ1) is 8.51. The molecule has 3 nitrogen and oxygen atoms in total. The summed E-state index contributed by atoms with van der Waals surface area (Å²) in [5, 5.41) is 0. The van der Waals surface area contributed by atoms with Crippen molar-refractivity contribution in [3.8, 4) is 0 Å². The molecule has 0 N–H and O–H groups in total. The molecule has 1 unspecified atom stereocenters. The molecule has 4 heteroatoms. The third-order valence-electron chi connectivity index (χ3n) is 2.96. The number of halogens is 1. The van der Waals surface area contributed by atoms with Crippen LogP contribution in [0.2, 0.25) is 0 Å². The van der Waals surface area contributed by atoms with Crippen LogP contribution in [0.4, 0.5) is 10.1 Å². The molecule has 0 aliphatic rings. The van der Waals surface area contributed by atoms with Crippen molar-refractivity contribution in [3.05, 3.63) is 29.6 Å². The summed E-state index contributed by atoms with van der Waals surface area (Å²) in [5.74, 6) is -0.460. The van der Waals surface area contributed by atoms with Gasteiger partial charge in [-0.3, -0.25) is 4.79 Å². The van der Waals surface area contributed by atoms with Crippen LogP contribution < -0.4 is 4.90 Å². The highest BCUT2D eigenvalue weighted by atomic mass is 19.1. The molecule has 0 fully saturated rings. The number of rotatable bonds is 6. The molecule has 0 aliphatic heterocycles. The summed E-state index contributed by atoms with van der Waals surface area (Å²) in [6.45, 7) is 5.66. The summed E-state index contributed by atoms with van der Waals surface area (Å²) in [5.41, 5.74) is 0.812. The Morgan fingerprint density at radius 2 is 2.06 bits per heavy atom. The number of aldehydes is 1. The SMILES string of the molecule is CCN(c1cccc(F)c1C=O)C(C)CN(C)C. The molecule has 18 heavy (non-hydrogen) atoms. The van der Waals surface area contributed by atoms with Gasteiger partial charge < -0.3 is 9.80 Å². The van der Waals surface area contributed by atoms with E-state index in [0.29, 0.717) is 12.0 Å². The molecular formula is C14H21FN2O. The lowest BCUT2D eigenvalue weighted by atomic mass is 10.1. The Labute approximate surface area is 108 Å². The molecule has 0 saturated heterocycles. The molecule has 1 aromatic carbocycles. The maximum atomic E-state index is 13.6. The summed E-state index contributed by atoms with van der Waals surface area (Å²) in [7, 11) is 3.99. The van der Waals surface area contributed by atoms with E-state index in [0.717, 1.165) is 13.1 Å². The summed E-state index contributed by atoms with van der Waals surface area (Å²) < 4.78 is 13.6. The molecule has 0 amide bonds. The van der Waals surface area contributed by atoms with E-state index in [4.69, 9.17) is 0 Å². The molecule has 1 aromatic rings. The molecule has 0 bridgehead atoms. The second-order valence-electron chi connectivity index (χ2n) is 4.69. The predicted molar refractivity (Wildman–Crippen MR) is 72.8 cm³/mol. The lowest BCUT2D eigenvalue weighted by Crippen LogP contribution is -2.40. The third-order valence-corrected chi connectivity index (χ3v) is 2.96. The van der Waals surface area contributed by atoms with Gasteiger partial charge in [-0.2, -0.15) is 0 Å². The zero-order valence-electron chi connectivity index (χ0n) is 11.5. The number of nitrogens with zero attached hydrogens (tertiary/aromatic N) is 2. The van der Waals surface area contributed by atoms with Gasteiger partial charge >= 0.3 is 0 Å². The molecule has 0 spiro atoms. The zero-order chi connectivity index (χ0) is 13.7. The van der Waals surface area contributed by atoms with Gasteiger partial charge in [0.25, 0.3) is 0 Å². The summed E-state index contributed by atoms with van der Waals surface area (Å²) >= 11 is 0. The molecule has 1 atom stereocenters. The van der Waals surface area contributed by atoms with Crippen molar-refractivity contribution in [1.82, 2.24) is 4.90 Å². The maximum Gasteiger partial charge on any atom is 0.155 e. The number of carbonyl (C=O) groups is 1. The molecule has 0 aromatic heterocycles. The molecule has 1 rings (SSSR count). The highest BCUT2D eigenvalue weighted by molar-refractivity contribution is 5.85. The summed E-state index contributed by atoms with van der Waals surface area (Å²) in [6, 6.07) is 4.97. The average molecular weight is 252 g/mol. The fraction of sp³-hybridized carbons (Fsp3) is 0.500. The number of hydrogen-bond acceptors (Lipinski definition) is 3. The fourth-order valence-corrected chi connectivity index (χ4v) is 2.24. The highest BCUT2D eigenvalue weighted by Gasteiger charge is 2.18. The lowest BCUT2D eigenvalue weighted by molar-refractivity contribution is 0.112. The van der Waals surface area contributed by atoms with Gasteiger partial charge in [-0.1, -0.05) is 6.07 Å².